The molecule has 0 unspecified atom stereocenters. The summed E-state index contributed by atoms with van der Waals surface area (Å²) in [4.78, 5) is 21.1. The van der Waals surface area contributed by atoms with Crippen molar-refractivity contribution in [3.8, 4) is 0 Å². The normalized spacial score (nSPS) is 9.27. The molecule has 0 saturated carbocycles. The average molecular weight is 161 g/mol. The van der Waals surface area contributed by atoms with Gasteiger partial charge in [-0.2, -0.15) is 0 Å². The molecule has 64 valence electrons. The van der Waals surface area contributed by atoms with Gasteiger partial charge < -0.3 is 9.84 Å². The summed E-state index contributed by atoms with van der Waals surface area (Å²) in [6, 6.07) is 0. The van der Waals surface area contributed by atoms with Gasteiger partial charge in [-0.1, -0.05) is 0 Å². The Morgan fingerprint density at radius 2 is 2.00 bits per heavy atom. The quantitative estimate of drug-likeness (QED) is 0.451. The Bertz CT molecular complexity index is 141. The van der Waals surface area contributed by atoms with E-state index in [1.807, 2.05) is 0 Å². The monoisotopic (exact) mass is 161 g/mol. The minimum Gasteiger partial charge on any atom is -0.466 e. The lowest BCUT2D eigenvalue weighted by Gasteiger charge is -1.98. The van der Waals surface area contributed by atoms with Crippen molar-refractivity contribution in [2.45, 2.75) is 19.8 Å². The summed E-state index contributed by atoms with van der Waals surface area (Å²) in [5, 5.41) is 8.28. The number of ether oxygens (including phenoxy) is 1. The zero-order chi connectivity index (χ0) is 8.69. The van der Waals surface area contributed by atoms with Crippen molar-refractivity contribution >= 4 is 11.8 Å². The van der Waals surface area contributed by atoms with E-state index in [-0.39, 0.29) is 18.6 Å². The van der Waals surface area contributed by atoms with E-state index in [2.05, 4.69) is 4.74 Å². The van der Waals surface area contributed by atoms with Crippen molar-refractivity contribution in [2.24, 2.45) is 0 Å². The SMILES string of the molecule is CCOC(=O)C[13CH2]C(=O)CO. The van der Waals surface area contributed by atoms with Crippen LogP contribution in [0.25, 0.3) is 0 Å². The molecule has 0 atom stereocenters. The van der Waals surface area contributed by atoms with Gasteiger partial charge in [-0.3, -0.25) is 9.59 Å². The molecule has 0 fully saturated rings. The highest BCUT2D eigenvalue weighted by molar-refractivity contribution is 5.83. The fourth-order valence-electron chi connectivity index (χ4n) is 0.554. The number of esters is 1. The van der Waals surface area contributed by atoms with E-state index in [4.69, 9.17) is 5.11 Å². The number of Topliss-reactive ketones (excluding diaryl/α,β-unsaturated/α-hetero) is 1. The molecule has 4 heteroatoms. The molecule has 0 radical (unpaired) electrons. The van der Waals surface area contributed by atoms with Gasteiger partial charge in [-0.05, 0) is 6.92 Å². The first kappa shape index (κ1) is 10.1. The Morgan fingerprint density at radius 1 is 1.36 bits per heavy atom. The molecule has 0 rings (SSSR count). The summed E-state index contributed by atoms with van der Waals surface area (Å²) in [7, 11) is 0. The lowest BCUT2D eigenvalue weighted by Crippen LogP contribution is -2.09. The maximum Gasteiger partial charge on any atom is 0.306 e. The van der Waals surface area contributed by atoms with Crippen LogP contribution in [0.3, 0.4) is 0 Å². The summed E-state index contributed by atoms with van der Waals surface area (Å²) in [5.74, 6) is -0.729. The highest BCUT2D eigenvalue weighted by Crippen LogP contribution is 1.93. The predicted octanol–water partition coefficient (Wildman–Crippen LogP) is -0.109. The summed E-state index contributed by atoms with van der Waals surface area (Å²) in [6.45, 7) is 1.53. The number of aliphatic hydroxyl groups is 1. The van der Waals surface area contributed by atoms with Gasteiger partial charge in [0.25, 0.3) is 0 Å². The predicted molar refractivity (Wildman–Crippen MR) is 38.0 cm³/mol. The van der Waals surface area contributed by atoms with Crippen molar-refractivity contribution in [1.29, 1.82) is 0 Å². The summed E-state index contributed by atoms with van der Waals surface area (Å²) in [5.41, 5.74) is 0. The van der Waals surface area contributed by atoms with Crippen LogP contribution in [-0.4, -0.2) is 30.1 Å². The third kappa shape index (κ3) is 5.54. The zero-order valence-electron chi connectivity index (χ0n) is 6.50. The maximum atomic E-state index is 10.6. The molecule has 0 bridgehead atoms. The number of ketones is 1. The van der Waals surface area contributed by atoms with E-state index < -0.39 is 12.6 Å². The molecule has 0 heterocycles. The highest BCUT2D eigenvalue weighted by atomic mass is 16.5. The van der Waals surface area contributed by atoms with Gasteiger partial charge in [-0.25, -0.2) is 0 Å². The largest absolute Gasteiger partial charge is 0.466 e. The van der Waals surface area contributed by atoms with Crippen LogP contribution in [0.2, 0.25) is 0 Å². The number of hydrogen-bond acceptors (Lipinski definition) is 4. The summed E-state index contributed by atoms with van der Waals surface area (Å²) in [6.07, 6.45) is 0.128. The van der Waals surface area contributed by atoms with E-state index in [1.54, 1.807) is 6.92 Å². The van der Waals surface area contributed by atoms with Gasteiger partial charge in [-0.15, -0.1) is 0 Å². The van der Waals surface area contributed by atoms with Crippen molar-refractivity contribution < 1.29 is 19.4 Å². The third-order valence-corrected chi connectivity index (χ3v) is 1.09. The molecule has 0 aliphatic carbocycles. The number of rotatable bonds is 5. The Morgan fingerprint density at radius 3 is 2.45 bits per heavy atom. The molecular formula is C7H12O4. The van der Waals surface area contributed by atoms with Crippen LogP contribution in [-0.2, 0) is 14.3 Å². The Hall–Kier alpha value is -0.900. The lowest BCUT2D eigenvalue weighted by molar-refractivity contribution is -0.144. The maximum absolute atomic E-state index is 10.6. The Balaban J connectivity index is 3.38. The van der Waals surface area contributed by atoms with E-state index >= 15 is 0 Å². The molecule has 0 aromatic heterocycles. The molecule has 0 aromatic rings. The van der Waals surface area contributed by atoms with E-state index in [1.165, 1.54) is 0 Å². The first-order chi connectivity index (χ1) is 5.20. The molecule has 4 nitrogen and oxygen atoms in total. The molecule has 0 saturated heterocycles. The smallest absolute Gasteiger partial charge is 0.306 e. The standard InChI is InChI=1S/C7H12O4/c1-2-11-7(10)4-3-6(9)5-8/h8H,2-5H2,1H3/i3+1. The van der Waals surface area contributed by atoms with E-state index in [0.717, 1.165) is 0 Å². The fraction of sp³-hybridized carbons (Fsp3) is 0.714. The molecule has 0 spiro atoms. The van der Waals surface area contributed by atoms with Gasteiger partial charge >= 0.3 is 5.97 Å². The van der Waals surface area contributed by atoms with Crippen molar-refractivity contribution in [3.63, 3.8) is 0 Å². The minimum absolute atomic E-state index is 0.0627. The fourth-order valence-corrected chi connectivity index (χ4v) is 0.554. The van der Waals surface area contributed by atoms with Crippen LogP contribution >= 0.6 is 0 Å². The molecule has 0 aliphatic rings. The van der Waals surface area contributed by atoms with E-state index in [0.29, 0.717) is 6.61 Å². The van der Waals surface area contributed by atoms with Crippen LogP contribution in [0, 0.1) is 0 Å². The first-order valence-corrected chi connectivity index (χ1v) is 3.49. The van der Waals surface area contributed by atoms with Gasteiger partial charge in [0.05, 0.1) is 13.0 Å². The molecular weight excluding hydrogens is 149 g/mol. The number of aliphatic hydroxyl groups excluding tert-OH is 1. The van der Waals surface area contributed by atoms with Crippen molar-refractivity contribution in [2.75, 3.05) is 13.2 Å². The molecule has 0 aromatic carbocycles. The zero-order valence-corrected chi connectivity index (χ0v) is 6.50. The second-order valence-electron chi connectivity index (χ2n) is 2.00. The van der Waals surface area contributed by atoms with Gasteiger partial charge in [0.15, 0.2) is 5.78 Å². The van der Waals surface area contributed by atoms with Crippen molar-refractivity contribution in [1.82, 2.24) is 0 Å². The number of carbonyl (C=O) groups is 2. The molecule has 11 heavy (non-hydrogen) atoms. The van der Waals surface area contributed by atoms with E-state index in [9.17, 15) is 9.59 Å². The van der Waals surface area contributed by atoms with Crippen LogP contribution in [0.15, 0.2) is 0 Å². The van der Waals surface area contributed by atoms with Crippen LogP contribution in [0.5, 0.6) is 0 Å². The highest BCUT2D eigenvalue weighted by Gasteiger charge is 2.05. The van der Waals surface area contributed by atoms with Crippen LogP contribution in [0.4, 0.5) is 0 Å². The number of carbonyl (C=O) groups excluding carboxylic acids is 2. The second-order valence-corrected chi connectivity index (χ2v) is 2.00. The second kappa shape index (κ2) is 5.85. The minimum atomic E-state index is -0.501. The van der Waals surface area contributed by atoms with Gasteiger partial charge in [0.2, 0.25) is 0 Å². The Kier molecular flexibility index (Phi) is 5.37. The third-order valence-electron chi connectivity index (χ3n) is 1.09. The van der Waals surface area contributed by atoms with Gasteiger partial charge in [0.1, 0.15) is 6.61 Å². The van der Waals surface area contributed by atoms with Crippen LogP contribution in [0.1, 0.15) is 19.8 Å². The molecule has 0 aliphatic heterocycles. The van der Waals surface area contributed by atoms with Gasteiger partial charge in [0, 0.05) is 6.42 Å². The van der Waals surface area contributed by atoms with Crippen LogP contribution < -0.4 is 0 Å². The molecule has 0 amide bonds. The summed E-state index contributed by atoms with van der Waals surface area (Å²) < 4.78 is 4.56. The topological polar surface area (TPSA) is 63.6 Å². The first-order valence-electron chi connectivity index (χ1n) is 3.49. The Labute approximate surface area is 65.2 Å². The van der Waals surface area contributed by atoms with Crippen molar-refractivity contribution in [3.05, 3.63) is 0 Å². The summed E-state index contributed by atoms with van der Waals surface area (Å²) >= 11 is 0. The number of hydrogen-bond donors (Lipinski definition) is 1. The average Bonchev–Trinajstić information content (AvgIpc) is 2.01. The molecule has 1 N–H and O–H groups in total. The lowest BCUT2D eigenvalue weighted by atomic mass is 10.4.